The monoisotopic (exact) mass is 586 g/mol. The molecule has 1 fully saturated rings. The molecule has 43 heavy (non-hydrogen) atoms. The number of allylic oxidation sites excluding steroid dienone is 3. The minimum atomic E-state index is -0.875. The maximum Gasteiger partial charge on any atom is 0.407 e. The van der Waals surface area contributed by atoms with Gasteiger partial charge in [0.25, 0.3) is 0 Å². The third-order valence-electron chi connectivity index (χ3n) is 7.67. The number of ether oxygens (including phenoxy) is 3. The van der Waals surface area contributed by atoms with E-state index in [1.54, 1.807) is 0 Å². The molecule has 226 valence electrons. The highest BCUT2D eigenvalue weighted by Gasteiger charge is 2.21. The lowest BCUT2D eigenvalue weighted by Crippen LogP contribution is -2.32. The smallest absolute Gasteiger partial charge is 0.407 e. The second-order valence-electron chi connectivity index (χ2n) is 10.9. The molecule has 0 radical (unpaired) electrons. The second kappa shape index (κ2) is 14.6. The Morgan fingerprint density at radius 1 is 1.02 bits per heavy atom. The Kier molecular flexibility index (Phi) is 10.2. The number of carbonyl (C=O) groups is 2. The highest BCUT2D eigenvalue weighted by atomic mass is 16.6. The predicted molar refractivity (Wildman–Crippen MR) is 161 cm³/mol. The maximum absolute atomic E-state index is 12.2. The van der Waals surface area contributed by atoms with E-state index in [-0.39, 0.29) is 19.1 Å². The van der Waals surface area contributed by atoms with Crippen molar-refractivity contribution in [3.63, 3.8) is 0 Å². The molecule has 1 heterocycles. The minimum absolute atomic E-state index is 0.000870. The van der Waals surface area contributed by atoms with E-state index in [2.05, 4.69) is 29.6 Å². The third-order valence-corrected chi connectivity index (χ3v) is 7.67. The lowest BCUT2D eigenvalue weighted by molar-refractivity contribution is -0.136. The molecule has 1 atom stereocenters. The van der Waals surface area contributed by atoms with Crippen molar-refractivity contribution < 1.29 is 33.3 Å². The summed E-state index contributed by atoms with van der Waals surface area (Å²) in [6.07, 6.45) is 12.7. The number of alkyl carbamates (subject to hydrolysis) is 1. The number of aliphatic carboxylic acids is 1. The zero-order valence-electron chi connectivity index (χ0n) is 24.4. The molecule has 0 spiro atoms. The van der Waals surface area contributed by atoms with E-state index in [9.17, 15) is 9.59 Å². The number of aromatic nitrogens is 1. The molecule has 1 amide bonds. The van der Waals surface area contributed by atoms with Gasteiger partial charge in [0.05, 0.1) is 18.9 Å². The Balaban J connectivity index is 1.14. The van der Waals surface area contributed by atoms with Crippen LogP contribution in [-0.4, -0.2) is 41.5 Å². The fourth-order valence-electron chi connectivity index (χ4n) is 4.89. The van der Waals surface area contributed by atoms with Gasteiger partial charge < -0.3 is 29.1 Å². The van der Waals surface area contributed by atoms with E-state index < -0.39 is 12.1 Å². The maximum atomic E-state index is 12.2. The van der Waals surface area contributed by atoms with Crippen LogP contribution in [0.25, 0.3) is 11.5 Å². The first-order valence-corrected chi connectivity index (χ1v) is 14.9. The molecule has 2 aromatic carbocycles. The van der Waals surface area contributed by atoms with Crippen LogP contribution in [0.2, 0.25) is 0 Å². The molecule has 1 saturated carbocycles. The summed E-state index contributed by atoms with van der Waals surface area (Å²) in [5, 5.41) is 11.9. The molecule has 1 aromatic heterocycles. The first-order valence-electron chi connectivity index (χ1n) is 14.9. The Hall–Kier alpha value is -4.53. The van der Waals surface area contributed by atoms with E-state index in [0.717, 1.165) is 59.6 Å². The first kappa shape index (κ1) is 29.9. The van der Waals surface area contributed by atoms with Crippen LogP contribution >= 0.6 is 0 Å². The number of benzene rings is 2. The standard InChI is InChI=1S/C34H38N2O7/c1-23-31(36-33(42-23)26-11-14-28(15-12-26)41-22-24-6-3-2-4-7-24)18-19-40-30-16-10-25(13-17-32(37)38)27(20-30)21-35-34(39)43-29-8-5-9-29/h2-4,6,10-12,14-16,20,24,29H,5,7-9,13,17-19,21-22H2,1H3,(H,35,39)(H,37,38). The normalized spacial score (nSPS) is 16.0. The van der Waals surface area contributed by atoms with Crippen LogP contribution in [0, 0.1) is 12.8 Å². The summed E-state index contributed by atoms with van der Waals surface area (Å²) in [5.74, 6) is 2.23. The van der Waals surface area contributed by atoms with Crippen molar-refractivity contribution in [3.05, 3.63) is 89.3 Å². The molecule has 9 nitrogen and oxygen atoms in total. The van der Waals surface area contributed by atoms with Crippen LogP contribution in [0.3, 0.4) is 0 Å². The number of carboxylic acids is 1. The third kappa shape index (κ3) is 8.73. The van der Waals surface area contributed by atoms with Gasteiger partial charge in [-0.2, -0.15) is 0 Å². The molecule has 5 rings (SSSR count). The zero-order valence-corrected chi connectivity index (χ0v) is 24.4. The van der Waals surface area contributed by atoms with E-state index in [1.807, 2.05) is 49.4 Å². The second-order valence-corrected chi connectivity index (χ2v) is 10.9. The summed E-state index contributed by atoms with van der Waals surface area (Å²) in [6, 6.07) is 13.3. The Bertz CT molecular complexity index is 1450. The highest BCUT2D eigenvalue weighted by molar-refractivity contribution is 5.68. The Labute approximate surface area is 251 Å². The summed E-state index contributed by atoms with van der Waals surface area (Å²) in [4.78, 5) is 28.0. The molecule has 2 aliphatic rings. The molecule has 2 aliphatic carbocycles. The summed E-state index contributed by atoms with van der Waals surface area (Å²) in [6.45, 7) is 3.12. The minimum Gasteiger partial charge on any atom is -0.493 e. The van der Waals surface area contributed by atoms with E-state index in [4.69, 9.17) is 28.7 Å². The molecule has 0 aliphatic heterocycles. The quantitative estimate of drug-likeness (QED) is 0.217. The van der Waals surface area contributed by atoms with Crippen LogP contribution < -0.4 is 14.8 Å². The van der Waals surface area contributed by atoms with Crippen molar-refractivity contribution >= 4 is 12.1 Å². The van der Waals surface area contributed by atoms with Crippen LogP contribution in [-0.2, 0) is 28.9 Å². The summed E-state index contributed by atoms with van der Waals surface area (Å²) in [5.41, 5.74) is 3.32. The lowest BCUT2D eigenvalue weighted by atomic mass is 9.96. The molecule has 0 saturated heterocycles. The number of hydrogen-bond acceptors (Lipinski definition) is 7. The van der Waals surface area contributed by atoms with Gasteiger partial charge in [0.2, 0.25) is 5.89 Å². The van der Waals surface area contributed by atoms with Crippen molar-refractivity contribution in [2.24, 2.45) is 5.92 Å². The molecular weight excluding hydrogens is 548 g/mol. The molecule has 1 unspecified atom stereocenters. The molecule has 0 bridgehead atoms. The number of nitrogens with zero attached hydrogens (tertiary/aromatic N) is 1. The first-order chi connectivity index (χ1) is 20.9. The van der Waals surface area contributed by atoms with Gasteiger partial charge in [0, 0.05) is 30.9 Å². The molecular formula is C34H38N2O7. The summed E-state index contributed by atoms with van der Waals surface area (Å²) >= 11 is 0. The van der Waals surface area contributed by atoms with Crippen LogP contribution in [0.15, 0.2) is 71.2 Å². The van der Waals surface area contributed by atoms with Crippen molar-refractivity contribution in [1.29, 1.82) is 0 Å². The predicted octanol–water partition coefficient (Wildman–Crippen LogP) is 6.58. The van der Waals surface area contributed by atoms with Crippen molar-refractivity contribution in [2.45, 2.75) is 64.5 Å². The Morgan fingerprint density at radius 2 is 1.84 bits per heavy atom. The van der Waals surface area contributed by atoms with E-state index >= 15 is 0 Å². The van der Waals surface area contributed by atoms with Gasteiger partial charge in [-0.3, -0.25) is 4.79 Å². The van der Waals surface area contributed by atoms with E-state index in [1.165, 1.54) is 0 Å². The highest BCUT2D eigenvalue weighted by Crippen LogP contribution is 2.26. The summed E-state index contributed by atoms with van der Waals surface area (Å²) in [7, 11) is 0. The lowest BCUT2D eigenvalue weighted by Gasteiger charge is -2.25. The average molecular weight is 587 g/mol. The number of amides is 1. The molecule has 2 N–H and O–H groups in total. The number of hydrogen-bond donors (Lipinski definition) is 2. The SMILES string of the molecule is Cc1oc(-c2ccc(OCC3C=CC=CC3)cc2)nc1CCOc1ccc(CCC(=O)O)c(CNC(=O)OC2CCC2)c1. The number of oxazole rings is 1. The van der Waals surface area contributed by atoms with Gasteiger partial charge in [-0.05, 0) is 86.6 Å². The van der Waals surface area contributed by atoms with Crippen molar-refractivity contribution in [2.75, 3.05) is 13.2 Å². The fourth-order valence-corrected chi connectivity index (χ4v) is 4.89. The van der Waals surface area contributed by atoms with Gasteiger partial charge in [0.1, 0.15) is 23.4 Å². The number of aryl methyl sites for hydroxylation is 2. The Morgan fingerprint density at radius 3 is 2.56 bits per heavy atom. The number of rotatable bonds is 14. The van der Waals surface area contributed by atoms with E-state index in [0.29, 0.717) is 43.6 Å². The number of carboxylic acid groups (broad SMARTS) is 1. The zero-order chi connectivity index (χ0) is 30.0. The van der Waals surface area contributed by atoms with Gasteiger partial charge in [-0.25, -0.2) is 9.78 Å². The van der Waals surface area contributed by atoms with Crippen LogP contribution in [0.4, 0.5) is 4.79 Å². The van der Waals surface area contributed by atoms with Gasteiger partial charge in [-0.15, -0.1) is 0 Å². The van der Waals surface area contributed by atoms with Crippen LogP contribution in [0.5, 0.6) is 11.5 Å². The van der Waals surface area contributed by atoms with Gasteiger partial charge in [-0.1, -0.05) is 30.4 Å². The fraction of sp³-hybridized carbons (Fsp3) is 0.382. The number of carbonyl (C=O) groups excluding carboxylic acids is 1. The molecule has 9 heteroatoms. The summed E-state index contributed by atoms with van der Waals surface area (Å²) < 4.78 is 23.3. The average Bonchev–Trinajstić information content (AvgIpc) is 3.37. The molecule has 3 aromatic rings. The number of nitrogens with one attached hydrogen (secondary N) is 1. The topological polar surface area (TPSA) is 120 Å². The van der Waals surface area contributed by atoms with Crippen molar-refractivity contribution in [3.8, 4) is 23.0 Å². The van der Waals surface area contributed by atoms with Gasteiger partial charge >= 0.3 is 12.1 Å². The largest absolute Gasteiger partial charge is 0.493 e. The van der Waals surface area contributed by atoms with Crippen LogP contribution in [0.1, 0.15) is 54.7 Å². The van der Waals surface area contributed by atoms with Gasteiger partial charge in [0.15, 0.2) is 0 Å². The van der Waals surface area contributed by atoms with Crippen molar-refractivity contribution in [1.82, 2.24) is 10.3 Å².